The predicted octanol–water partition coefficient (Wildman–Crippen LogP) is 1.29. The Bertz CT molecular complexity index is 583. The van der Waals surface area contributed by atoms with Crippen molar-refractivity contribution in [1.82, 2.24) is 4.90 Å². The van der Waals surface area contributed by atoms with E-state index in [1.807, 2.05) is 13.8 Å². The molecule has 1 saturated carbocycles. The molecule has 5 heteroatoms. The van der Waals surface area contributed by atoms with Crippen LogP contribution in [0.4, 0.5) is 0 Å². The van der Waals surface area contributed by atoms with Crippen molar-refractivity contribution >= 4 is 11.9 Å². The lowest BCUT2D eigenvalue weighted by atomic mass is 10.00. The Morgan fingerprint density at radius 3 is 2.48 bits per heavy atom. The average Bonchev–Trinajstić information content (AvgIpc) is 2.85. The van der Waals surface area contributed by atoms with Crippen LogP contribution in [-0.2, 0) is 9.59 Å². The Hall–Kier alpha value is -1.88. The summed E-state index contributed by atoms with van der Waals surface area (Å²) in [5.41, 5.74) is 0.462. The summed E-state index contributed by atoms with van der Waals surface area (Å²) in [6.45, 7) is 4.48. The standard InChI is InChI=1S/C16H19NO4/c1-16(2)10-8-17(12(11(10)16)15(20)21)14(19)13(18)9-6-4-3-5-7-9/h3-7,10-13,18H,8H2,1-2H3,(H,20,21)/t10-,11-,12-,13-/m0/s1. The lowest BCUT2D eigenvalue weighted by Crippen LogP contribution is -2.47. The lowest BCUT2D eigenvalue weighted by Gasteiger charge is -2.29. The average molecular weight is 289 g/mol. The minimum absolute atomic E-state index is 0.0121. The molecule has 5 nitrogen and oxygen atoms in total. The molecule has 3 rings (SSSR count). The number of nitrogens with zero attached hydrogens (tertiary/aromatic N) is 1. The number of carboxylic acids is 1. The summed E-state index contributed by atoms with van der Waals surface area (Å²) < 4.78 is 0. The molecule has 21 heavy (non-hydrogen) atoms. The molecule has 0 radical (unpaired) electrons. The molecule has 0 bridgehead atoms. The van der Waals surface area contributed by atoms with Crippen LogP contribution in [0.5, 0.6) is 0 Å². The molecule has 112 valence electrons. The molecule has 2 aliphatic rings. The monoisotopic (exact) mass is 289 g/mol. The summed E-state index contributed by atoms with van der Waals surface area (Å²) >= 11 is 0. The fourth-order valence-corrected chi connectivity index (χ4v) is 3.73. The van der Waals surface area contributed by atoms with E-state index in [2.05, 4.69) is 0 Å². The number of hydrogen-bond donors (Lipinski definition) is 2. The molecule has 0 aromatic heterocycles. The molecule has 1 amide bonds. The van der Waals surface area contributed by atoms with Crippen LogP contribution >= 0.6 is 0 Å². The van der Waals surface area contributed by atoms with Crippen molar-refractivity contribution in [2.24, 2.45) is 17.3 Å². The Balaban J connectivity index is 1.81. The van der Waals surface area contributed by atoms with E-state index in [1.54, 1.807) is 30.3 Å². The van der Waals surface area contributed by atoms with Gasteiger partial charge < -0.3 is 15.1 Å². The van der Waals surface area contributed by atoms with Crippen molar-refractivity contribution in [3.05, 3.63) is 35.9 Å². The molecule has 0 unspecified atom stereocenters. The van der Waals surface area contributed by atoms with Crippen molar-refractivity contribution in [3.63, 3.8) is 0 Å². The molecule has 1 aliphatic carbocycles. The van der Waals surface area contributed by atoms with E-state index in [9.17, 15) is 19.8 Å². The first kappa shape index (κ1) is 14.1. The van der Waals surface area contributed by atoms with Gasteiger partial charge in [0.05, 0.1) is 0 Å². The largest absolute Gasteiger partial charge is 0.480 e. The molecule has 1 aliphatic heterocycles. The molecule has 1 aromatic rings. The van der Waals surface area contributed by atoms with Gasteiger partial charge in [0.25, 0.3) is 5.91 Å². The molecule has 1 saturated heterocycles. The fourth-order valence-electron chi connectivity index (χ4n) is 3.73. The summed E-state index contributed by atoms with van der Waals surface area (Å²) in [5, 5.41) is 19.6. The summed E-state index contributed by atoms with van der Waals surface area (Å²) in [6.07, 6.45) is -1.30. The number of carbonyl (C=O) groups excluding carboxylic acids is 1. The molecule has 1 heterocycles. The third-order valence-corrected chi connectivity index (χ3v) is 5.09. The summed E-state index contributed by atoms with van der Waals surface area (Å²) in [7, 11) is 0. The summed E-state index contributed by atoms with van der Waals surface area (Å²) in [4.78, 5) is 25.3. The minimum atomic E-state index is -1.30. The highest BCUT2D eigenvalue weighted by atomic mass is 16.4. The number of hydrogen-bond acceptors (Lipinski definition) is 3. The number of likely N-dealkylation sites (tertiary alicyclic amines) is 1. The van der Waals surface area contributed by atoms with Crippen molar-refractivity contribution in [1.29, 1.82) is 0 Å². The van der Waals surface area contributed by atoms with Gasteiger partial charge in [0, 0.05) is 12.5 Å². The van der Waals surface area contributed by atoms with Gasteiger partial charge in [-0.2, -0.15) is 0 Å². The highest BCUT2D eigenvalue weighted by molar-refractivity contribution is 5.88. The number of aliphatic hydroxyl groups excluding tert-OH is 1. The first-order valence-electron chi connectivity index (χ1n) is 7.12. The maximum absolute atomic E-state index is 12.5. The third-order valence-electron chi connectivity index (χ3n) is 5.09. The number of aliphatic hydroxyl groups is 1. The first-order chi connectivity index (χ1) is 9.85. The van der Waals surface area contributed by atoms with E-state index in [0.717, 1.165) is 0 Å². The van der Waals surface area contributed by atoms with E-state index >= 15 is 0 Å². The second kappa shape index (κ2) is 4.56. The van der Waals surface area contributed by atoms with Crippen molar-refractivity contribution in [2.45, 2.75) is 26.0 Å². The second-order valence-corrected chi connectivity index (χ2v) is 6.54. The molecule has 2 fully saturated rings. The van der Waals surface area contributed by atoms with Crippen molar-refractivity contribution in [3.8, 4) is 0 Å². The Morgan fingerprint density at radius 1 is 1.29 bits per heavy atom. The van der Waals surface area contributed by atoms with Crippen LogP contribution in [-0.4, -0.2) is 39.6 Å². The zero-order valence-electron chi connectivity index (χ0n) is 12.1. The molecule has 4 atom stereocenters. The van der Waals surface area contributed by atoms with Crippen LogP contribution in [0.2, 0.25) is 0 Å². The van der Waals surface area contributed by atoms with E-state index in [0.29, 0.717) is 12.1 Å². The number of carboxylic acid groups (broad SMARTS) is 1. The van der Waals surface area contributed by atoms with Crippen molar-refractivity contribution in [2.75, 3.05) is 6.54 Å². The van der Waals surface area contributed by atoms with Gasteiger partial charge in [-0.3, -0.25) is 4.79 Å². The van der Waals surface area contributed by atoms with E-state index < -0.39 is 24.0 Å². The fraction of sp³-hybridized carbons (Fsp3) is 0.500. The SMILES string of the molecule is CC1(C)[C@@H]2[C@@H](C(=O)O)N(C(=O)[C@@H](O)c3ccccc3)C[C@@H]21. The van der Waals surface area contributed by atoms with Crippen LogP contribution in [0.15, 0.2) is 30.3 Å². The maximum atomic E-state index is 12.5. The maximum Gasteiger partial charge on any atom is 0.326 e. The zero-order valence-corrected chi connectivity index (χ0v) is 12.1. The number of benzene rings is 1. The topological polar surface area (TPSA) is 77.8 Å². The normalized spacial score (nSPS) is 30.6. The highest BCUT2D eigenvalue weighted by Gasteiger charge is 2.69. The summed E-state index contributed by atoms with van der Waals surface area (Å²) in [6, 6.07) is 7.79. The minimum Gasteiger partial charge on any atom is -0.480 e. The van der Waals surface area contributed by atoms with Gasteiger partial charge in [0.2, 0.25) is 0 Å². The van der Waals surface area contributed by atoms with Gasteiger partial charge in [-0.1, -0.05) is 44.2 Å². The molecular formula is C16H19NO4. The van der Waals surface area contributed by atoms with Gasteiger partial charge in [0.1, 0.15) is 6.04 Å². The smallest absolute Gasteiger partial charge is 0.326 e. The lowest BCUT2D eigenvalue weighted by molar-refractivity contribution is -0.154. The Morgan fingerprint density at radius 2 is 1.90 bits per heavy atom. The molecule has 2 N–H and O–H groups in total. The highest BCUT2D eigenvalue weighted by Crippen LogP contribution is 2.65. The zero-order chi connectivity index (χ0) is 15.4. The van der Waals surface area contributed by atoms with Gasteiger partial charge in [-0.25, -0.2) is 4.79 Å². The van der Waals surface area contributed by atoms with Gasteiger partial charge in [-0.05, 0) is 16.9 Å². The molecular weight excluding hydrogens is 270 g/mol. The Kier molecular flexibility index (Phi) is 3.06. The second-order valence-electron chi connectivity index (χ2n) is 6.54. The third kappa shape index (κ3) is 2.03. The quantitative estimate of drug-likeness (QED) is 0.879. The Labute approximate surface area is 123 Å². The van der Waals surface area contributed by atoms with Gasteiger partial charge in [0.15, 0.2) is 6.10 Å². The van der Waals surface area contributed by atoms with Crippen LogP contribution in [0, 0.1) is 17.3 Å². The molecule has 1 aromatic carbocycles. The number of fused-ring (bicyclic) bond motifs is 1. The predicted molar refractivity (Wildman–Crippen MR) is 75.3 cm³/mol. The van der Waals surface area contributed by atoms with Crippen LogP contribution in [0.1, 0.15) is 25.5 Å². The van der Waals surface area contributed by atoms with Crippen LogP contribution in [0.3, 0.4) is 0 Å². The first-order valence-corrected chi connectivity index (χ1v) is 7.12. The molecule has 0 spiro atoms. The number of carbonyl (C=O) groups is 2. The number of amides is 1. The summed E-state index contributed by atoms with van der Waals surface area (Å²) in [5.74, 6) is -1.30. The van der Waals surface area contributed by atoms with Crippen LogP contribution < -0.4 is 0 Å². The van der Waals surface area contributed by atoms with Crippen LogP contribution in [0.25, 0.3) is 0 Å². The van der Waals surface area contributed by atoms with Gasteiger partial charge in [-0.15, -0.1) is 0 Å². The number of rotatable bonds is 3. The van der Waals surface area contributed by atoms with E-state index in [1.165, 1.54) is 4.90 Å². The van der Waals surface area contributed by atoms with E-state index in [4.69, 9.17) is 0 Å². The number of piperidine rings is 1. The van der Waals surface area contributed by atoms with Crippen molar-refractivity contribution < 1.29 is 19.8 Å². The van der Waals surface area contributed by atoms with Gasteiger partial charge >= 0.3 is 5.97 Å². The van der Waals surface area contributed by atoms with E-state index in [-0.39, 0.29) is 17.3 Å². The number of aliphatic carboxylic acids is 1.